The van der Waals surface area contributed by atoms with Crippen LogP contribution < -0.4 is 14.9 Å². The number of rotatable bonds is 7. The van der Waals surface area contributed by atoms with Gasteiger partial charge in [-0.2, -0.15) is 0 Å². The molecule has 1 aliphatic rings. The second-order valence-corrected chi connectivity index (χ2v) is 9.07. The predicted molar refractivity (Wildman–Crippen MR) is 141 cm³/mol. The zero-order valence-corrected chi connectivity index (χ0v) is 20.4. The molecule has 1 aliphatic heterocycles. The van der Waals surface area contributed by atoms with Gasteiger partial charge in [0.1, 0.15) is 17.0 Å². The summed E-state index contributed by atoms with van der Waals surface area (Å²) in [6.45, 7) is 7.75. The molecule has 1 atom stereocenters. The van der Waals surface area contributed by atoms with Crippen molar-refractivity contribution in [3.8, 4) is 11.4 Å². The van der Waals surface area contributed by atoms with Crippen molar-refractivity contribution in [1.82, 2.24) is 34.5 Å². The molecule has 11 nitrogen and oxygen atoms in total. The maximum absolute atomic E-state index is 11.1. The van der Waals surface area contributed by atoms with Gasteiger partial charge >= 0.3 is 0 Å². The number of hydrogen-bond acceptors (Lipinski definition) is 9. The van der Waals surface area contributed by atoms with Crippen molar-refractivity contribution in [3.05, 3.63) is 67.3 Å². The number of aromatic nitrogens is 5. The standard InChI is InChI=1S/C24H25N9O2S/c1-16(31-36(34)35)17-5-7-25-20(13-17)23-22-18(6-8-26-23)14-28-24(30-22)29-19-3-4-21(27-15-19)33-11-9-32(2)10-12-33/h3-8,13-15,31H,1,9-12H2,2H3,(H,34,35)(H,28,29,30). The molecule has 5 heterocycles. The molecule has 36 heavy (non-hydrogen) atoms. The van der Waals surface area contributed by atoms with E-state index in [2.05, 4.69) is 53.4 Å². The Morgan fingerprint density at radius 2 is 1.83 bits per heavy atom. The van der Waals surface area contributed by atoms with E-state index in [9.17, 15) is 4.21 Å². The van der Waals surface area contributed by atoms with Gasteiger partial charge in [0.2, 0.25) is 5.95 Å². The molecule has 0 amide bonds. The largest absolute Gasteiger partial charge is 0.354 e. The number of nitrogens with one attached hydrogen (secondary N) is 2. The van der Waals surface area contributed by atoms with Crippen molar-refractivity contribution >= 4 is 45.3 Å². The highest BCUT2D eigenvalue weighted by Gasteiger charge is 2.16. The summed E-state index contributed by atoms with van der Waals surface area (Å²) in [4.78, 5) is 27.2. The first kappa shape index (κ1) is 23.7. The quantitative estimate of drug-likeness (QED) is 0.323. The average Bonchev–Trinajstić information content (AvgIpc) is 2.89. The van der Waals surface area contributed by atoms with E-state index in [1.807, 2.05) is 18.2 Å². The molecule has 4 aromatic heterocycles. The fraction of sp³-hybridized carbons (Fsp3) is 0.208. The highest BCUT2D eigenvalue weighted by molar-refractivity contribution is 7.77. The lowest BCUT2D eigenvalue weighted by atomic mass is 10.1. The minimum Gasteiger partial charge on any atom is -0.354 e. The van der Waals surface area contributed by atoms with Gasteiger partial charge in [-0.3, -0.25) is 19.2 Å². The van der Waals surface area contributed by atoms with Gasteiger partial charge in [-0.15, -0.1) is 0 Å². The van der Waals surface area contributed by atoms with E-state index in [-0.39, 0.29) is 0 Å². The van der Waals surface area contributed by atoms with Gasteiger partial charge in [-0.1, -0.05) is 6.58 Å². The lowest BCUT2D eigenvalue weighted by Crippen LogP contribution is -2.44. The Kier molecular flexibility index (Phi) is 6.80. The predicted octanol–water partition coefficient (Wildman–Crippen LogP) is 2.67. The van der Waals surface area contributed by atoms with Crippen molar-refractivity contribution in [1.29, 1.82) is 0 Å². The molecule has 1 fully saturated rings. The van der Waals surface area contributed by atoms with E-state index in [1.54, 1.807) is 36.9 Å². The van der Waals surface area contributed by atoms with E-state index in [4.69, 9.17) is 9.54 Å². The highest BCUT2D eigenvalue weighted by atomic mass is 32.2. The van der Waals surface area contributed by atoms with Gasteiger partial charge in [0.25, 0.3) is 11.3 Å². The van der Waals surface area contributed by atoms with Gasteiger partial charge in [0, 0.05) is 61.4 Å². The summed E-state index contributed by atoms with van der Waals surface area (Å²) in [6, 6.07) is 9.22. The first-order valence-electron chi connectivity index (χ1n) is 11.3. The molecule has 0 spiro atoms. The lowest BCUT2D eigenvalue weighted by Gasteiger charge is -2.33. The van der Waals surface area contributed by atoms with Crippen molar-refractivity contribution in [2.24, 2.45) is 0 Å². The van der Waals surface area contributed by atoms with Crippen LogP contribution in [0.15, 0.2) is 61.7 Å². The monoisotopic (exact) mass is 503 g/mol. The zero-order valence-electron chi connectivity index (χ0n) is 19.6. The highest BCUT2D eigenvalue weighted by Crippen LogP contribution is 2.26. The number of nitrogens with zero attached hydrogens (tertiary/aromatic N) is 7. The summed E-state index contributed by atoms with van der Waals surface area (Å²) in [6.07, 6.45) is 6.76. The van der Waals surface area contributed by atoms with Crippen molar-refractivity contribution in [2.75, 3.05) is 43.4 Å². The third kappa shape index (κ3) is 5.30. The van der Waals surface area contributed by atoms with Gasteiger partial charge in [0.15, 0.2) is 0 Å². The van der Waals surface area contributed by atoms with Gasteiger partial charge < -0.3 is 15.1 Å². The van der Waals surface area contributed by atoms with E-state index >= 15 is 0 Å². The van der Waals surface area contributed by atoms with E-state index in [0.29, 0.717) is 34.1 Å². The second kappa shape index (κ2) is 10.3. The summed E-state index contributed by atoms with van der Waals surface area (Å²) in [5.41, 5.74) is 3.40. The molecule has 184 valence electrons. The van der Waals surface area contributed by atoms with Crippen LogP contribution in [0.25, 0.3) is 28.0 Å². The molecule has 0 aromatic carbocycles. The number of pyridine rings is 3. The van der Waals surface area contributed by atoms with E-state index < -0.39 is 11.3 Å². The zero-order chi connectivity index (χ0) is 25.1. The van der Waals surface area contributed by atoms with Crippen LogP contribution in [-0.4, -0.2) is 71.8 Å². The minimum absolute atomic E-state index is 0.296. The first-order valence-corrected chi connectivity index (χ1v) is 12.4. The number of piperazine rings is 1. The Balaban J connectivity index is 1.40. The molecule has 12 heteroatoms. The van der Waals surface area contributed by atoms with E-state index in [1.165, 1.54) is 0 Å². The Hall–Kier alpha value is -4.00. The topological polar surface area (TPSA) is 132 Å². The van der Waals surface area contributed by atoms with Gasteiger partial charge in [-0.25, -0.2) is 19.2 Å². The fourth-order valence-corrected chi connectivity index (χ4v) is 4.26. The summed E-state index contributed by atoms with van der Waals surface area (Å²) in [5, 5.41) is 4.02. The molecule has 3 N–H and O–H groups in total. The lowest BCUT2D eigenvalue weighted by molar-refractivity contribution is 0.312. The minimum atomic E-state index is -2.22. The molecule has 1 unspecified atom stereocenters. The van der Waals surface area contributed by atoms with E-state index in [0.717, 1.165) is 43.1 Å². The molecular weight excluding hydrogens is 478 g/mol. The summed E-state index contributed by atoms with van der Waals surface area (Å²) < 4.78 is 22.6. The van der Waals surface area contributed by atoms with Crippen LogP contribution >= 0.6 is 0 Å². The van der Waals surface area contributed by atoms with Crippen molar-refractivity contribution < 1.29 is 8.76 Å². The van der Waals surface area contributed by atoms with Crippen LogP contribution in [0.1, 0.15) is 5.56 Å². The fourth-order valence-electron chi connectivity index (χ4n) is 3.93. The number of fused-ring (bicyclic) bond motifs is 1. The Morgan fingerprint density at radius 1 is 1.03 bits per heavy atom. The summed E-state index contributed by atoms with van der Waals surface area (Å²) in [5.74, 6) is 1.36. The van der Waals surface area contributed by atoms with Crippen molar-refractivity contribution in [3.63, 3.8) is 0 Å². The second-order valence-electron chi connectivity index (χ2n) is 8.37. The number of likely N-dealkylation sites (N-methyl/N-ethyl adjacent to an activating group) is 1. The third-order valence-electron chi connectivity index (χ3n) is 5.89. The summed E-state index contributed by atoms with van der Waals surface area (Å²) >= 11 is -2.22. The molecule has 0 aliphatic carbocycles. The number of hydrogen-bond donors (Lipinski definition) is 3. The molecule has 1 saturated heterocycles. The van der Waals surface area contributed by atoms with Crippen LogP contribution in [-0.2, 0) is 11.3 Å². The van der Waals surface area contributed by atoms with Crippen LogP contribution in [0.2, 0.25) is 0 Å². The van der Waals surface area contributed by atoms with Crippen LogP contribution in [0.4, 0.5) is 17.5 Å². The molecule has 0 saturated carbocycles. The van der Waals surface area contributed by atoms with Crippen LogP contribution in [0.5, 0.6) is 0 Å². The smallest absolute Gasteiger partial charge is 0.259 e. The maximum atomic E-state index is 11.1. The normalized spacial score (nSPS) is 15.0. The molecule has 5 rings (SSSR count). The molecular formula is C24H25N9O2S. The Labute approximate surface area is 210 Å². The number of anilines is 3. The molecule has 0 radical (unpaired) electrons. The molecule has 0 bridgehead atoms. The Morgan fingerprint density at radius 3 is 2.58 bits per heavy atom. The first-order chi connectivity index (χ1) is 17.5. The van der Waals surface area contributed by atoms with Crippen LogP contribution in [0, 0.1) is 0 Å². The van der Waals surface area contributed by atoms with Gasteiger partial charge in [-0.05, 0) is 37.4 Å². The summed E-state index contributed by atoms with van der Waals surface area (Å²) in [7, 11) is 2.13. The average molecular weight is 504 g/mol. The van der Waals surface area contributed by atoms with Crippen molar-refractivity contribution in [2.45, 2.75) is 0 Å². The SMILES string of the molecule is C=C(NS(=O)O)c1ccnc(-c2nccc3cnc(Nc4ccc(N5CCN(C)CC5)nc4)nc23)c1. The van der Waals surface area contributed by atoms with Gasteiger partial charge in [0.05, 0.1) is 17.6 Å². The molecule has 4 aromatic rings. The maximum Gasteiger partial charge on any atom is 0.259 e. The third-order valence-corrected chi connectivity index (χ3v) is 6.31. The Bertz CT molecular complexity index is 1420. The van der Waals surface area contributed by atoms with Crippen LogP contribution in [0.3, 0.4) is 0 Å².